The maximum absolute atomic E-state index is 13.4. The quantitative estimate of drug-likeness (QED) is 0.398. The lowest BCUT2D eigenvalue weighted by Gasteiger charge is -2.23. The molecule has 0 heterocycles. The van der Waals surface area contributed by atoms with Crippen molar-refractivity contribution in [1.82, 2.24) is 9.62 Å². The number of benzene rings is 3. The summed E-state index contributed by atoms with van der Waals surface area (Å²) in [6.07, 6.45) is 1.61. The number of aryl methyl sites for hydroxylation is 2. The molecule has 1 N–H and O–H groups in total. The summed E-state index contributed by atoms with van der Waals surface area (Å²) in [5.74, 6) is -0.316. The minimum atomic E-state index is -3.86. The molecule has 0 aliphatic carbocycles. The van der Waals surface area contributed by atoms with Gasteiger partial charge in [-0.3, -0.25) is 4.79 Å². The number of hydrogen-bond donors (Lipinski definition) is 1. The Hall–Kier alpha value is -2.48. The molecule has 0 radical (unpaired) electrons. The van der Waals surface area contributed by atoms with Crippen LogP contribution < -0.4 is 5.32 Å². The minimum absolute atomic E-state index is 0.0747. The summed E-state index contributed by atoms with van der Waals surface area (Å²) >= 11 is 3.34. The first-order valence-corrected chi connectivity index (χ1v) is 13.1. The van der Waals surface area contributed by atoms with Gasteiger partial charge in [-0.25, -0.2) is 8.42 Å². The molecule has 174 valence electrons. The summed E-state index contributed by atoms with van der Waals surface area (Å²) in [4.78, 5) is 13.0. The highest BCUT2D eigenvalue weighted by molar-refractivity contribution is 9.10. The molecule has 0 saturated heterocycles. The van der Waals surface area contributed by atoms with Gasteiger partial charge in [-0.2, -0.15) is 4.31 Å². The van der Waals surface area contributed by atoms with Crippen LogP contribution in [0.4, 0.5) is 0 Å². The molecule has 0 fully saturated rings. The van der Waals surface area contributed by atoms with E-state index in [1.165, 1.54) is 9.87 Å². The third kappa shape index (κ3) is 7.52. The van der Waals surface area contributed by atoms with Crippen LogP contribution in [0.2, 0.25) is 0 Å². The molecule has 5 nitrogen and oxygen atoms in total. The molecule has 0 unspecified atom stereocenters. The Morgan fingerprint density at radius 2 is 1.58 bits per heavy atom. The van der Waals surface area contributed by atoms with E-state index in [1.54, 1.807) is 24.3 Å². The smallest absolute Gasteiger partial charge is 0.243 e. The van der Waals surface area contributed by atoms with Crippen LogP contribution in [-0.2, 0) is 27.8 Å². The van der Waals surface area contributed by atoms with Crippen molar-refractivity contribution < 1.29 is 13.2 Å². The van der Waals surface area contributed by atoms with E-state index >= 15 is 0 Å². The van der Waals surface area contributed by atoms with Gasteiger partial charge >= 0.3 is 0 Å². The number of rotatable bonds is 10. The molecule has 0 aliphatic rings. The Morgan fingerprint density at radius 1 is 0.939 bits per heavy atom. The first-order chi connectivity index (χ1) is 15.7. The average Bonchev–Trinajstić information content (AvgIpc) is 2.79. The predicted molar refractivity (Wildman–Crippen MR) is 135 cm³/mol. The number of halogens is 1. The van der Waals surface area contributed by atoms with Crippen molar-refractivity contribution in [1.29, 1.82) is 0 Å². The molecular formula is C26H29BrN2O3S. The number of nitrogens with one attached hydrogen (secondary N) is 1. The van der Waals surface area contributed by atoms with Crippen LogP contribution in [0.3, 0.4) is 0 Å². The van der Waals surface area contributed by atoms with Gasteiger partial charge in [-0.1, -0.05) is 76.1 Å². The molecule has 0 bridgehead atoms. The third-order valence-corrected chi connectivity index (χ3v) is 7.70. The van der Waals surface area contributed by atoms with Crippen molar-refractivity contribution in [2.24, 2.45) is 0 Å². The maximum atomic E-state index is 13.4. The number of carbonyl (C=O) groups excluding carboxylic acids is 1. The maximum Gasteiger partial charge on any atom is 0.243 e. The van der Waals surface area contributed by atoms with Crippen LogP contribution in [0.15, 0.2) is 88.2 Å². The number of amides is 1. The average molecular weight is 530 g/mol. The SMILES string of the molecule is Cc1ccc(CN(CC(=O)N[C@@H](C)CCc2ccccc2)S(=O)(=O)c2ccc(Br)cc2)cc1. The fraction of sp³-hybridized carbons (Fsp3) is 0.269. The molecule has 3 rings (SSSR count). The standard InChI is InChI=1S/C26H29BrN2O3S/c1-20-8-11-23(12-9-20)18-29(33(31,32)25-16-14-24(27)15-17-25)19-26(30)28-21(2)10-13-22-6-4-3-5-7-22/h3-9,11-12,14-17,21H,10,13,18-19H2,1-2H3,(H,28,30)/t21-/m0/s1. The van der Waals surface area contributed by atoms with Gasteiger partial charge in [-0.05, 0) is 62.1 Å². The van der Waals surface area contributed by atoms with Crippen LogP contribution in [0.5, 0.6) is 0 Å². The van der Waals surface area contributed by atoms with Gasteiger partial charge in [0.15, 0.2) is 0 Å². The van der Waals surface area contributed by atoms with E-state index in [0.29, 0.717) is 0 Å². The zero-order valence-electron chi connectivity index (χ0n) is 18.9. The third-order valence-electron chi connectivity index (χ3n) is 5.37. The van der Waals surface area contributed by atoms with E-state index in [4.69, 9.17) is 0 Å². The van der Waals surface area contributed by atoms with E-state index in [2.05, 4.69) is 33.4 Å². The van der Waals surface area contributed by atoms with Crippen molar-refractivity contribution in [2.45, 2.75) is 44.2 Å². The molecule has 0 saturated carbocycles. The normalized spacial score (nSPS) is 12.5. The number of carbonyl (C=O) groups is 1. The first kappa shape index (κ1) is 25.1. The summed E-state index contributed by atoms with van der Waals surface area (Å²) in [5, 5.41) is 2.96. The lowest BCUT2D eigenvalue weighted by molar-refractivity contribution is -0.122. The molecule has 33 heavy (non-hydrogen) atoms. The molecule has 1 amide bonds. The zero-order chi connectivity index (χ0) is 23.8. The van der Waals surface area contributed by atoms with Crippen LogP contribution >= 0.6 is 15.9 Å². The minimum Gasteiger partial charge on any atom is -0.352 e. The van der Waals surface area contributed by atoms with Crippen molar-refractivity contribution in [3.8, 4) is 0 Å². The fourth-order valence-corrected chi connectivity index (χ4v) is 5.11. The van der Waals surface area contributed by atoms with Crippen LogP contribution in [0, 0.1) is 6.92 Å². The van der Waals surface area contributed by atoms with Crippen molar-refractivity contribution in [3.05, 3.63) is 100 Å². The summed E-state index contributed by atoms with van der Waals surface area (Å²) < 4.78 is 28.8. The predicted octanol–water partition coefficient (Wildman–Crippen LogP) is 5.09. The van der Waals surface area contributed by atoms with E-state index in [1.807, 2.05) is 56.3 Å². The molecule has 7 heteroatoms. The lowest BCUT2D eigenvalue weighted by atomic mass is 10.1. The summed E-state index contributed by atoms with van der Waals surface area (Å²) in [6.45, 7) is 3.78. The summed E-state index contributed by atoms with van der Waals surface area (Å²) in [6, 6.07) is 24.1. The number of nitrogens with zero attached hydrogens (tertiary/aromatic N) is 1. The van der Waals surface area contributed by atoms with E-state index < -0.39 is 10.0 Å². The van der Waals surface area contributed by atoms with Crippen LogP contribution in [-0.4, -0.2) is 31.2 Å². The first-order valence-electron chi connectivity index (χ1n) is 10.9. The largest absolute Gasteiger partial charge is 0.352 e. The second kappa shape index (κ2) is 11.6. The Balaban J connectivity index is 1.72. The van der Waals surface area contributed by atoms with E-state index in [-0.39, 0.29) is 29.9 Å². The highest BCUT2D eigenvalue weighted by Gasteiger charge is 2.27. The van der Waals surface area contributed by atoms with Crippen molar-refractivity contribution in [3.63, 3.8) is 0 Å². The highest BCUT2D eigenvalue weighted by atomic mass is 79.9. The molecule has 1 atom stereocenters. The topological polar surface area (TPSA) is 66.5 Å². The Kier molecular flexibility index (Phi) is 8.83. The van der Waals surface area contributed by atoms with Gasteiger partial charge in [0.25, 0.3) is 0 Å². The van der Waals surface area contributed by atoms with Crippen molar-refractivity contribution >= 4 is 31.9 Å². The van der Waals surface area contributed by atoms with Gasteiger partial charge in [0.1, 0.15) is 0 Å². The highest BCUT2D eigenvalue weighted by Crippen LogP contribution is 2.21. The lowest BCUT2D eigenvalue weighted by Crippen LogP contribution is -2.43. The molecular weight excluding hydrogens is 500 g/mol. The van der Waals surface area contributed by atoms with Gasteiger partial charge < -0.3 is 5.32 Å². The van der Waals surface area contributed by atoms with Gasteiger partial charge in [0, 0.05) is 17.1 Å². The van der Waals surface area contributed by atoms with Crippen molar-refractivity contribution in [2.75, 3.05) is 6.54 Å². The van der Waals surface area contributed by atoms with E-state index in [0.717, 1.165) is 28.4 Å². The van der Waals surface area contributed by atoms with Gasteiger partial charge in [0.05, 0.1) is 11.4 Å². The van der Waals surface area contributed by atoms with Crippen LogP contribution in [0.25, 0.3) is 0 Å². The monoisotopic (exact) mass is 528 g/mol. The molecule has 0 aromatic heterocycles. The summed E-state index contributed by atoms with van der Waals surface area (Å²) in [5.41, 5.74) is 3.12. The fourth-order valence-electron chi connectivity index (χ4n) is 3.46. The number of hydrogen-bond acceptors (Lipinski definition) is 3. The molecule has 3 aromatic rings. The molecule has 0 aliphatic heterocycles. The zero-order valence-corrected chi connectivity index (χ0v) is 21.3. The van der Waals surface area contributed by atoms with Crippen LogP contribution in [0.1, 0.15) is 30.0 Å². The van der Waals surface area contributed by atoms with Gasteiger partial charge in [0.2, 0.25) is 15.9 Å². The molecule has 0 spiro atoms. The molecule has 3 aromatic carbocycles. The second-order valence-electron chi connectivity index (χ2n) is 8.21. The Morgan fingerprint density at radius 3 is 2.21 bits per heavy atom. The van der Waals surface area contributed by atoms with Gasteiger partial charge in [-0.15, -0.1) is 0 Å². The Labute approximate surface area is 205 Å². The Bertz CT molecular complexity index is 1150. The van der Waals surface area contributed by atoms with E-state index in [9.17, 15) is 13.2 Å². The second-order valence-corrected chi connectivity index (χ2v) is 11.1. The summed E-state index contributed by atoms with van der Waals surface area (Å²) in [7, 11) is -3.86. The number of sulfonamides is 1.